The summed E-state index contributed by atoms with van der Waals surface area (Å²) in [5.74, 6) is 0.279. The molecule has 1 aromatic heterocycles. The van der Waals surface area contributed by atoms with Crippen LogP contribution in [0.15, 0.2) is 6.20 Å². The predicted octanol–water partition coefficient (Wildman–Crippen LogP) is -0.470. The lowest BCUT2D eigenvalue weighted by Gasteiger charge is -2.38. The Bertz CT molecular complexity index is 628. The largest absolute Gasteiger partial charge is 0.388 e. The maximum absolute atomic E-state index is 11.3. The van der Waals surface area contributed by atoms with E-state index < -0.39 is 30.7 Å². The van der Waals surface area contributed by atoms with E-state index in [2.05, 4.69) is 15.6 Å². The summed E-state index contributed by atoms with van der Waals surface area (Å²) < 4.78 is 6.92. The van der Waals surface area contributed by atoms with Crippen LogP contribution in [0.2, 0.25) is 0 Å². The van der Waals surface area contributed by atoms with Crippen molar-refractivity contribution in [2.24, 2.45) is 0 Å². The van der Waals surface area contributed by atoms with Gasteiger partial charge in [0.05, 0.1) is 5.69 Å². The molecule has 0 saturated carbocycles. The van der Waals surface area contributed by atoms with Crippen LogP contribution < -0.4 is 5.32 Å². The first-order valence-corrected chi connectivity index (χ1v) is 10.9. The van der Waals surface area contributed by atoms with E-state index in [1.54, 1.807) is 4.68 Å². The molecule has 1 aliphatic rings. The summed E-state index contributed by atoms with van der Waals surface area (Å²) in [7, 11) is 0. The molecule has 30 heavy (non-hydrogen) atoms. The van der Waals surface area contributed by atoms with Gasteiger partial charge in [0.1, 0.15) is 30.2 Å². The van der Waals surface area contributed by atoms with E-state index in [1.165, 1.54) is 0 Å². The van der Waals surface area contributed by atoms with E-state index in [0.717, 1.165) is 57.3 Å². The Morgan fingerprint density at radius 2 is 1.87 bits per heavy atom. The summed E-state index contributed by atoms with van der Waals surface area (Å²) in [4.78, 5) is 11.3. The number of rotatable bonds is 14. The van der Waals surface area contributed by atoms with Crippen LogP contribution in [-0.4, -0.2) is 85.0 Å². The summed E-state index contributed by atoms with van der Waals surface area (Å²) in [6.07, 6.45) is 2.47. The molecule has 3 unspecified atom stereocenters. The SMILES string of the molecule is CCC(=O)CCCn1cc(CCCCCCNCC2OC(O)[C@H](O)C(O)[C@H]2O)nn1. The van der Waals surface area contributed by atoms with Crippen molar-refractivity contribution in [3.63, 3.8) is 0 Å². The predicted molar refractivity (Wildman–Crippen MR) is 108 cm³/mol. The molecular weight excluding hydrogens is 392 g/mol. The standard InChI is InChI=1S/C20H36N4O6/c1-2-15(25)9-7-11-24-13-14(22-23-24)8-5-3-4-6-10-21-12-16-17(26)18(27)19(28)20(29)30-16/h13,16-21,26-29H,2-12H2,1H3/t16?,17-,18?,19+,20?/m0/s1. The van der Waals surface area contributed by atoms with Crippen molar-refractivity contribution < 1.29 is 30.0 Å². The van der Waals surface area contributed by atoms with Gasteiger partial charge in [0.25, 0.3) is 0 Å². The van der Waals surface area contributed by atoms with Crippen molar-refractivity contribution >= 4 is 5.78 Å². The van der Waals surface area contributed by atoms with Crippen molar-refractivity contribution in [3.05, 3.63) is 11.9 Å². The second kappa shape index (κ2) is 13.1. The van der Waals surface area contributed by atoms with E-state index in [-0.39, 0.29) is 12.3 Å². The fraction of sp³-hybridized carbons (Fsp3) is 0.850. The smallest absolute Gasteiger partial charge is 0.184 e. The summed E-state index contributed by atoms with van der Waals surface area (Å²) in [6.45, 7) is 3.62. The monoisotopic (exact) mass is 428 g/mol. The zero-order valence-corrected chi connectivity index (χ0v) is 17.7. The van der Waals surface area contributed by atoms with Crippen LogP contribution in [0.5, 0.6) is 0 Å². The number of hydrogen-bond donors (Lipinski definition) is 5. The van der Waals surface area contributed by atoms with Gasteiger partial charge in [-0.3, -0.25) is 9.48 Å². The number of nitrogens with zero attached hydrogens (tertiary/aromatic N) is 3. The average molecular weight is 429 g/mol. The fourth-order valence-corrected chi connectivity index (χ4v) is 3.43. The van der Waals surface area contributed by atoms with Gasteiger partial charge in [-0.1, -0.05) is 25.0 Å². The molecule has 0 aliphatic carbocycles. The van der Waals surface area contributed by atoms with Crippen LogP contribution in [-0.2, 0) is 22.5 Å². The highest BCUT2D eigenvalue weighted by atomic mass is 16.6. The molecule has 2 rings (SSSR count). The molecule has 10 heteroatoms. The molecule has 1 fully saturated rings. The maximum atomic E-state index is 11.3. The van der Waals surface area contributed by atoms with Gasteiger partial charge in [-0.05, 0) is 32.2 Å². The van der Waals surface area contributed by atoms with Crippen molar-refractivity contribution in [1.82, 2.24) is 20.3 Å². The van der Waals surface area contributed by atoms with E-state index >= 15 is 0 Å². The minimum Gasteiger partial charge on any atom is -0.388 e. The number of aliphatic hydroxyl groups is 4. The molecule has 2 heterocycles. The topological polar surface area (TPSA) is 150 Å². The van der Waals surface area contributed by atoms with Crippen LogP contribution in [0.4, 0.5) is 0 Å². The normalized spacial score (nSPS) is 26.8. The van der Waals surface area contributed by atoms with Crippen LogP contribution >= 0.6 is 0 Å². The lowest BCUT2D eigenvalue weighted by molar-refractivity contribution is -0.280. The molecule has 1 aromatic rings. The third-order valence-electron chi connectivity index (χ3n) is 5.39. The molecule has 10 nitrogen and oxygen atoms in total. The summed E-state index contributed by atoms with van der Waals surface area (Å²) in [5, 5.41) is 49.9. The molecule has 0 spiro atoms. The zero-order chi connectivity index (χ0) is 21.9. The number of Topliss-reactive ketones (excluding diaryl/α,β-unsaturated/α-hetero) is 1. The first-order valence-electron chi connectivity index (χ1n) is 10.9. The molecule has 0 amide bonds. The zero-order valence-electron chi connectivity index (χ0n) is 17.7. The Balaban J connectivity index is 1.49. The Hall–Kier alpha value is -1.43. The summed E-state index contributed by atoms with van der Waals surface area (Å²) in [5.41, 5.74) is 0.970. The highest BCUT2D eigenvalue weighted by molar-refractivity contribution is 5.77. The van der Waals surface area contributed by atoms with Crippen LogP contribution in [0.1, 0.15) is 57.6 Å². The number of nitrogens with one attached hydrogen (secondary N) is 1. The van der Waals surface area contributed by atoms with Gasteiger partial charge in [0.2, 0.25) is 0 Å². The highest BCUT2D eigenvalue weighted by Crippen LogP contribution is 2.19. The summed E-state index contributed by atoms with van der Waals surface area (Å²) >= 11 is 0. The molecule has 1 aliphatic heterocycles. The van der Waals surface area contributed by atoms with Crippen LogP contribution in [0, 0.1) is 0 Å². The third-order valence-corrected chi connectivity index (χ3v) is 5.39. The van der Waals surface area contributed by atoms with Gasteiger partial charge in [-0.2, -0.15) is 0 Å². The van der Waals surface area contributed by atoms with Gasteiger partial charge in [-0.25, -0.2) is 0 Å². The number of unbranched alkanes of at least 4 members (excludes halogenated alkanes) is 3. The van der Waals surface area contributed by atoms with Crippen LogP contribution in [0.25, 0.3) is 0 Å². The lowest BCUT2D eigenvalue weighted by atomic mass is 9.99. The number of carbonyl (C=O) groups is 1. The molecule has 0 radical (unpaired) electrons. The quantitative estimate of drug-likeness (QED) is 0.248. The number of hydrogen-bond acceptors (Lipinski definition) is 9. The number of ketones is 1. The van der Waals surface area contributed by atoms with Gasteiger partial charge in [-0.15, -0.1) is 5.10 Å². The van der Waals surface area contributed by atoms with E-state index in [4.69, 9.17) is 4.74 Å². The first kappa shape index (κ1) is 24.8. The van der Waals surface area contributed by atoms with Gasteiger partial charge in [0.15, 0.2) is 6.29 Å². The number of aryl methyl sites for hydroxylation is 2. The van der Waals surface area contributed by atoms with Crippen molar-refractivity contribution in [2.75, 3.05) is 13.1 Å². The molecule has 0 aromatic carbocycles. The fourth-order valence-electron chi connectivity index (χ4n) is 3.43. The number of carbonyl (C=O) groups excluding carboxylic acids is 1. The highest BCUT2D eigenvalue weighted by Gasteiger charge is 2.42. The maximum Gasteiger partial charge on any atom is 0.184 e. The molecule has 1 saturated heterocycles. The van der Waals surface area contributed by atoms with Crippen molar-refractivity contribution in [1.29, 1.82) is 0 Å². The molecule has 172 valence electrons. The second-order valence-corrected chi connectivity index (χ2v) is 7.87. The lowest BCUT2D eigenvalue weighted by Crippen LogP contribution is -2.59. The van der Waals surface area contributed by atoms with Crippen molar-refractivity contribution in [2.45, 2.75) is 95.5 Å². The third kappa shape index (κ3) is 8.01. The van der Waals surface area contributed by atoms with E-state index in [0.29, 0.717) is 12.8 Å². The molecule has 5 N–H and O–H groups in total. The Morgan fingerprint density at radius 3 is 2.63 bits per heavy atom. The Morgan fingerprint density at radius 1 is 1.10 bits per heavy atom. The number of aliphatic hydroxyl groups excluding tert-OH is 4. The molecule has 0 bridgehead atoms. The van der Waals surface area contributed by atoms with Crippen LogP contribution in [0.3, 0.4) is 0 Å². The Labute approximate surface area is 177 Å². The van der Waals surface area contributed by atoms with Gasteiger partial charge in [0, 0.05) is 32.1 Å². The van der Waals surface area contributed by atoms with Gasteiger partial charge < -0.3 is 30.5 Å². The minimum absolute atomic E-state index is 0.279. The van der Waals surface area contributed by atoms with E-state index in [9.17, 15) is 25.2 Å². The number of aromatic nitrogens is 3. The summed E-state index contributed by atoms with van der Waals surface area (Å²) in [6, 6.07) is 0. The van der Waals surface area contributed by atoms with Crippen molar-refractivity contribution in [3.8, 4) is 0 Å². The van der Waals surface area contributed by atoms with Gasteiger partial charge >= 0.3 is 0 Å². The Kier molecular flexibility index (Phi) is 10.8. The molecule has 5 atom stereocenters. The minimum atomic E-state index is -1.50. The van der Waals surface area contributed by atoms with E-state index in [1.807, 2.05) is 13.1 Å². The first-order chi connectivity index (χ1) is 14.4. The second-order valence-electron chi connectivity index (χ2n) is 7.87. The number of ether oxygens (including phenoxy) is 1. The average Bonchev–Trinajstić information content (AvgIpc) is 3.19. The molecular formula is C20H36N4O6.